The Kier molecular flexibility index (Phi) is 5.24. The second kappa shape index (κ2) is 7.36. The highest BCUT2D eigenvalue weighted by atomic mass is 35.5. The number of halogens is 1. The molecule has 0 spiro atoms. The lowest BCUT2D eigenvalue weighted by Crippen LogP contribution is -2.10. The van der Waals surface area contributed by atoms with E-state index in [0.29, 0.717) is 11.1 Å². The molecule has 0 saturated heterocycles. The van der Waals surface area contributed by atoms with E-state index in [1.807, 2.05) is 36.4 Å². The Labute approximate surface area is 128 Å². The Morgan fingerprint density at radius 3 is 1.67 bits per heavy atom. The van der Waals surface area contributed by atoms with Gasteiger partial charge in [-0.3, -0.25) is 9.59 Å². The van der Waals surface area contributed by atoms with Crippen molar-refractivity contribution < 1.29 is 9.59 Å². The van der Waals surface area contributed by atoms with Gasteiger partial charge in [0, 0.05) is 16.7 Å². The molecule has 0 bridgehead atoms. The van der Waals surface area contributed by atoms with Crippen LogP contribution >= 0.6 is 11.6 Å². The summed E-state index contributed by atoms with van der Waals surface area (Å²) in [5.41, 5.74) is 3.65. The zero-order chi connectivity index (χ0) is 15.1. The van der Waals surface area contributed by atoms with Crippen molar-refractivity contribution >= 4 is 29.2 Å². The molecule has 1 aliphatic rings. The number of benzene rings is 2. The van der Waals surface area contributed by atoms with Gasteiger partial charge in [-0.05, 0) is 23.8 Å². The van der Waals surface area contributed by atoms with E-state index in [-0.39, 0.29) is 11.6 Å². The first-order valence-corrected chi connectivity index (χ1v) is 6.83. The van der Waals surface area contributed by atoms with E-state index in [9.17, 15) is 9.59 Å². The number of hydrogen-bond acceptors (Lipinski definition) is 2. The molecule has 2 aromatic carbocycles. The van der Waals surface area contributed by atoms with Crippen LogP contribution in [-0.4, -0.2) is 11.6 Å². The van der Waals surface area contributed by atoms with Gasteiger partial charge in [0.1, 0.15) is 0 Å². The molecule has 3 heteroatoms. The molecule has 0 aromatic heterocycles. The van der Waals surface area contributed by atoms with Crippen molar-refractivity contribution in [2.24, 2.45) is 0 Å². The van der Waals surface area contributed by atoms with Crippen LogP contribution in [-0.2, 0) is 0 Å². The van der Waals surface area contributed by atoms with Crippen molar-refractivity contribution in [3.05, 3.63) is 89.0 Å². The van der Waals surface area contributed by atoms with E-state index in [4.69, 9.17) is 11.6 Å². The highest BCUT2D eigenvalue weighted by Crippen LogP contribution is 2.15. The average Bonchev–Trinajstić information content (AvgIpc) is 2.53. The summed E-state index contributed by atoms with van der Waals surface area (Å²) in [5, 5.41) is 0. The summed E-state index contributed by atoms with van der Waals surface area (Å²) in [7, 11) is 0. The van der Waals surface area contributed by atoms with E-state index in [0.717, 1.165) is 5.56 Å². The quantitative estimate of drug-likeness (QED) is 0.775. The molecule has 104 valence electrons. The molecule has 0 aliphatic heterocycles. The number of carbonyl (C=O) groups is 2. The predicted molar refractivity (Wildman–Crippen MR) is 85.6 cm³/mol. The first-order chi connectivity index (χ1) is 10.2. The molecular formula is C18H13ClO2. The first kappa shape index (κ1) is 14.9. The average molecular weight is 297 g/mol. The van der Waals surface area contributed by atoms with Crippen LogP contribution in [0.4, 0.5) is 0 Å². The number of rotatable bonds is 1. The van der Waals surface area contributed by atoms with Crippen LogP contribution < -0.4 is 0 Å². The summed E-state index contributed by atoms with van der Waals surface area (Å²) in [6.45, 7) is 0. The smallest absolute Gasteiger partial charge is 0.186 e. The molecule has 0 N–H and O–H groups in total. The van der Waals surface area contributed by atoms with Gasteiger partial charge >= 0.3 is 0 Å². The fourth-order valence-electron chi connectivity index (χ4n) is 1.88. The molecule has 0 unspecified atom stereocenters. The molecule has 2 aromatic rings. The fraction of sp³-hybridized carbons (Fsp3) is 0. The second-order valence-corrected chi connectivity index (χ2v) is 4.56. The zero-order valence-electron chi connectivity index (χ0n) is 11.2. The maximum absolute atomic E-state index is 11.2. The highest BCUT2D eigenvalue weighted by molar-refractivity contribution is 6.27. The first-order valence-electron chi connectivity index (χ1n) is 6.40. The van der Waals surface area contributed by atoms with Crippen LogP contribution in [0, 0.1) is 0 Å². The van der Waals surface area contributed by atoms with Crippen LogP contribution in [0.15, 0.2) is 72.3 Å². The minimum Gasteiger partial charge on any atom is -0.289 e. The van der Waals surface area contributed by atoms with Crippen LogP contribution in [0.3, 0.4) is 0 Å². The molecule has 3 rings (SSSR count). The van der Waals surface area contributed by atoms with Crippen molar-refractivity contribution in [2.75, 3.05) is 0 Å². The Morgan fingerprint density at radius 2 is 1.19 bits per heavy atom. The van der Waals surface area contributed by atoms with Crippen LogP contribution in [0.25, 0.3) is 6.08 Å². The summed E-state index contributed by atoms with van der Waals surface area (Å²) < 4.78 is 0. The van der Waals surface area contributed by atoms with Gasteiger partial charge in [0.15, 0.2) is 11.6 Å². The molecule has 0 fully saturated rings. The third-order valence-corrected chi connectivity index (χ3v) is 3.03. The Hall–Kier alpha value is -2.45. The molecule has 0 heterocycles. The van der Waals surface area contributed by atoms with Gasteiger partial charge in [-0.25, -0.2) is 0 Å². The summed E-state index contributed by atoms with van der Waals surface area (Å²) in [5.74, 6) is -0.185. The van der Waals surface area contributed by atoms with Crippen LogP contribution in [0.5, 0.6) is 0 Å². The molecule has 0 amide bonds. The molecule has 0 atom stereocenters. The van der Waals surface area contributed by atoms with Crippen molar-refractivity contribution in [3.8, 4) is 0 Å². The van der Waals surface area contributed by atoms with Gasteiger partial charge in [0.25, 0.3) is 0 Å². The van der Waals surface area contributed by atoms with Crippen molar-refractivity contribution in [2.45, 2.75) is 0 Å². The van der Waals surface area contributed by atoms with E-state index >= 15 is 0 Å². The standard InChI is InChI=1S/C10H6O2.C8H7Cl/c11-9-5-6-10(12)8-4-2-1-3-7(8)9;9-7-6-8-4-2-1-3-5-8/h1-6H;1-7H. The highest BCUT2D eigenvalue weighted by Gasteiger charge is 2.16. The molecule has 1 aliphatic carbocycles. The molecular weight excluding hydrogens is 284 g/mol. The summed E-state index contributed by atoms with van der Waals surface area (Å²) in [6, 6.07) is 16.8. The maximum atomic E-state index is 11.2. The van der Waals surface area contributed by atoms with E-state index in [1.54, 1.807) is 24.3 Å². The topological polar surface area (TPSA) is 34.1 Å². The van der Waals surface area contributed by atoms with E-state index in [2.05, 4.69) is 0 Å². The van der Waals surface area contributed by atoms with Gasteiger partial charge in [-0.2, -0.15) is 0 Å². The fourth-order valence-corrected chi connectivity index (χ4v) is 2.03. The third kappa shape index (κ3) is 4.01. The van der Waals surface area contributed by atoms with Crippen molar-refractivity contribution in [3.63, 3.8) is 0 Å². The maximum Gasteiger partial charge on any atom is 0.186 e. The minimum atomic E-state index is -0.0924. The number of hydrogen-bond donors (Lipinski definition) is 0. The van der Waals surface area contributed by atoms with E-state index in [1.165, 1.54) is 17.7 Å². The zero-order valence-corrected chi connectivity index (χ0v) is 12.0. The second-order valence-electron chi connectivity index (χ2n) is 4.31. The minimum absolute atomic E-state index is 0.0924. The Bertz CT molecular complexity index is 663. The lowest BCUT2D eigenvalue weighted by Gasteiger charge is -2.06. The molecule has 21 heavy (non-hydrogen) atoms. The number of ketones is 2. The Balaban J connectivity index is 0.000000161. The normalized spacial score (nSPS) is 12.8. The third-order valence-electron chi connectivity index (χ3n) is 2.90. The van der Waals surface area contributed by atoms with Gasteiger partial charge in [-0.1, -0.05) is 66.2 Å². The lowest BCUT2D eigenvalue weighted by molar-refractivity contribution is 0.0994. The number of fused-ring (bicyclic) bond motifs is 1. The molecule has 2 nitrogen and oxygen atoms in total. The monoisotopic (exact) mass is 296 g/mol. The summed E-state index contributed by atoms with van der Waals surface area (Å²) >= 11 is 5.36. The summed E-state index contributed by atoms with van der Waals surface area (Å²) in [6.07, 6.45) is 4.47. The van der Waals surface area contributed by atoms with Crippen LogP contribution in [0.1, 0.15) is 26.3 Å². The lowest BCUT2D eigenvalue weighted by atomic mass is 9.95. The van der Waals surface area contributed by atoms with Gasteiger partial charge in [-0.15, -0.1) is 0 Å². The molecule has 0 saturated carbocycles. The van der Waals surface area contributed by atoms with Gasteiger partial charge < -0.3 is 0 Å². The number of carbonyl (C=O) groups excluding carboxylic acids is 2. The predicted octanol–water partition coefficient (Wildman–Crippen LogP) is 4.52. The molecule has 0 radical (unpaired) electrons. The van der Waals surface area contributed by atoms with Crippen molar-refractivity contribution in [1.29, 1.82) is 0 Å². The van der Waals surface area contributed by atoms with Gasteiger partial charge in [0.05, 0.1) is 0 Å². The Morgan fingerprint density at radius 1 is 0.714 bits per heavy atom. The number of allylic oxidation sites excluding steroid dienone is 2. The van der Waals surface area contributed by atoms with E-state index < -0.39 is 0 Å². The largest absolute Gasteiger partial charge is 0.289 e. The summed E-state index contributed by atoms with van der Waals surface area (Å²) in [4.78, 5) is 22.4. The van der Waals surface area contributed by atoms with Crippen molar-refractivity contribution in [1.82, 2.24) is 0 Å². The van der Waals surface area contributed by atoms with Gasteiger partial charge in [0.2, 0.25) is 0 Å². The SMILES string of the molecule is ClC=Cc1ccccc1.O=C1C=CC(=O)c2ccccc21. The van der Waals surface area contributed by atoms with Crippen LogP contribution in [0.2, 0.25) is 0 Å².